The van der Waals surface area contributed by atoms with Gasteiger partial charge in [0.05, 0.1) is 15.2 Å². The number of fused-ring (bicyclic) bond motifs is 1. The lowest BCUT2D eigenvalue weighted by molar-refractivity contribution is -0.121. The highest BCUT2D eigenvalue weighted by molar-refractivity contribution is 7.18. The number of benzene rings is 1. The van der Waals surface area contributed by atoms with Crippen LogP contribution in [0.15, 0.2) is 24.3 Å². The third-order valence-electron chi connectivity index (χ3n) is 3.09. The van der Waals surface area contributed by atoms with Crippen molar-refractivity contribution in [2.75, 3.05) is 13.1 Å². The van der Waals surface area contributed by atoms with Crippen LogP contribution < -0.4 is 11.1 Å². The zero-order valence-electron chi connectivity index (χ0n) is 12.4. The largest absolute Gasteiger partial charge is 0.356 e. The first-order valence-corrected chi connectivity index (χ1v) is 7.92. The van der Waals surface area contributed by atoms with Crippen LogP contribution in [-0.2, 0) is 11.2 Å². The van der Waals surface area contributed by atoms with Gasteiger partial charge in [-0.2, -0.15) is 0 Å². The first-order valence-electron chi connectivity index (χ1n) is 7.11. The zero-order chi connectivity index (χ0) is 14.2. The van der Waals surface area contributed by atoms with Crippen LogP contribution >= 0.6 is 36.2 Å². The van der Waals surface area contributed by atoms with Crippen LogP contribution in [0.4, 0.5) is 0 Å². The summed E-state index contributed by atoms with van der Waals surface area (Å²) in [6.45, 7) is 1.31. The van der Waals surface area contributed by atoms with Gasteiger partial charge in [-0.15, -0.1) is 36.2 Å². The first kappa shape index (κ1) is 21.1. The van der Waals surface area contributed by atoms with Crippen LogP contribution in [-0.4, -0.2) is 24.0 Å². The molecule has 0 aliphatic carbocycles. The lowest BCUT2D eigenvalue weighted by Gasteiger charge is -2.03. The number of rotatable bonds is 8. The van der Waals surface area contributed by atoms with Gasteiger partial charge in [-0.3, -0.25) is 4.79 Å². The molecule has 1 aromatic heterocycles. The van der Waals surface area contributed by atoms with Crippen molar-refractivity contribution in [2.45, 2.75) is 32.1 Å². The molecule has 0 spiro atoms. The molecule has 0 unspecified atom stereocenters. The number of halogens is 2. The van der Waals surface area contributed by atoms with Gasteiger partial charge in [0.1, 0.15) is 0 Å². The molecule has 0 aliphatic rings. The quantitative estimate of drug-likeness (QED) is 0.706. The van der Waals surface area contributed by atoms with E-state index in [1.54, 1.807) is 11.3 Å². The molecule has 0 saturated carbocycles. The third-order valence-corrected chi connectivity index (χ3v) is 4.18. The highest BCUT2D eigenvalue weighted by atomic mass is 35.5. The molecule has 1 aromatic carbocycles. The zero-order valence-corrected chi connectivity index (χ0v) is 14.9. The van der Waals surface area contributed by atoms with E-state index in [1.807, 2.05) is 18.2 Å². The average molecular weight is 364 g/mol. The predicted octanol–water partition coefficient (Wildman–Crippen LogP) is 3.32. The number of aromatic nitrogens is 1. The second-order valence-corrected chi connectivity index (χ2v) is 5.89. The van der Waals surface area contributed by atoms with Crippen LogP contribution in [0, 0.1) is 0 Å². The Labute approximate surface area is 147 Å². The smallest absolute Gasteiger partial charge is 0.219 e. The van der Waals surface area contributed by atoms with Crippen LogP contribution in [0.1, 0.15) is 30.7 Å². The fraction of sp³-hybridized carbons (Fsp3) is 0.467. The Kier molecular flexibility index (Phi) is 11.2. The topological polar surface area (TPSA) is 68.0 Å². The average Bonchev–Trinajstić information content (AvgIpc) is 2.86. The fourth-order valence-corrected chi connectivity index (χ4v) is 3.02. The number of hydrogen-bond acceptors (Lipinski definition) is 4. The Hall–Kier alpha value is -0.880. The number of nitrogens with zero attached hydrogens (tertiary/aromatic N) is 1. The molecule has 0 saturated heterocycles. The van der Waals surface area contributed by atoms with Crippen molar-refractivity contribution in [1.82, 2.24) is 10.3 Å². The highest BCUT2D eigenvalue weighted by Crippen LogP contribution is 2.22. The van der Waals surface area contributed by atoms with Crippen molar-refractivity contribution in [2.24, 2.45) is 5.73 Å². The number of carbonyl (C=O) groups is 1. The number of nitrogens with one attached hydrogen (secondary N) is 1. The van der Waals surface area contributed by atoms with Crippen molar-refractivity contribution in [3.05, 3.63) is 29.3 Å². The van der Waals surface area contributed by atoms with Gasteiger partial charge in [0, 0.05) is 13.0 Å². The molecule has 2 rings (SSSR count). The number of nitrogens with two attached hydrogens (primary N) is 1. The fourth-order valence-electron chi connectivity index (χ4n) is 2.01. The van der Waals surface area contributed by atoms with E-state index < -0.39 is 0 Å². The van der Waals surface area contributed by atoms with Gasteiger partial charge in [0.15, 0.2) is 0 Å². The standard InChI is InChI=1S/C15H21N3OS.2ClH/c16-10-5-11-17-14(19)8-3-4-9-15-18-12-6-1-2-7-13(12)20-15;;/h1-2,6-7H,3-5,8-11,16H2,(H,17,19);2*1H. The molecule has 3 N–H and O–H groups in total. The first-order chi connectivity index (χ1) is 9.79. The van der Waals surface area contributed by atoms with Crippen LogP contribution in [0.2, 0.25) is 0 Å². The van der Waals surface area contributed by atoms with Crippen LogP contribution in [0.5, 0.6) is 0 Å². The minimum Gasteiger partial charge on any atom is -0.356 e. The second-order valence-electron chi connectivity index (χ2n) is 4.77. The van der Waals surface area contributed by atoms with Crippen molar-refractivity contribution < 1.29 is 4.79 Å². The van der Waals surface area contributed by atoms with Gasteiger partial charge < -0.3 is 11.1 Å². The molecule has 1 amide bonds. The Morgan fingerprint density at radius 2 is 1.95 bits per heavy atom. The molecular formula is C15H23Cl2N3OS. The maximum absolute atomic E-state index is 11.5. The van der Waals surface area contributed by atoms with Gasteiger partial charge in [0.2, 0.25) is 5.91 Å². The summed E-state index contributed by atoms with van der Waals surface area (Å²) in [5, 5.41) is 4.03. The molecule has 0 fully saturated rings. The molecule has 4 nitrogen and oxygen atoms in total. The summed E-state index contributed by atoms with van der Waals surface area (Å²) in [5.74, 6) is 0.128. The van der Waals surface area contributed by atoms with Gasteiger partial charge in [0.25, 0.3) is 0 Å². The third kappa shape index (κ3) is 6.92. The van der Waals surface area contributed by atoms with E-state index in [1.165, 1.54) is 4.70 Å². The van der Waals surface area contributed by atoms with Crippen molar-refractivity contribution >= 4 is 52.3 Å². The molecule has 0 atom stereocenters. The monoisotopic (exact) mass is 363 g/mol. The minimum atomic E-state index is 0. The Bertz CT molecular complexity index is 529. The summed E-state index contributed by atoms with van der Waals surface area (Å²) < 4.78 is 1.24. The van der Waals surface area contributed by atoms with E-state index in [4.69, 9.17) is 5.73 Å². The minimum absolute atomic E-state index is 0. The Morgan fingerprint density at radius 3 is 2.68 bits per heavy atom. The van der Waals surface area contributed by atoms with Gasteiger partial charge in [-0.25, -0.2) is 4.98 Å². The number of unbranched alkanes of at least 4 members (excludes halogenated alkanes) is 1. The number of amides is 1. The number of para-hydroxylation sites is 1. The molecule has 0 bridgehead atoms. The maximum Gasteiger partial charge on any atom is 0.219 e. The molecule has 0 aliphatic heterocycles. The van der Waals surface area contributed by atoms with Crippen LogP contribution in [0.25, 0.3) is 10.2 Å². The molecule has 1 heterocycles. The van der Waals surface area contributed by atoms with E-state index in [-0.39, 0.29) is 30.7 Å². The summed E-state index contributed by atoms with van der Waals surface area (Å²) in [6.07, 6.45) is 4.30. The van der Waals surface area contributed by atoms with E-state index in [0.717, 1.165) is 36.2 Å². The number of aryl methyl sites for hydroxylation is 1. The van der Waals surface area contributed by atoms with Crippen molar-refractivity contribution in [3.8, 4) is 0 Å². The van der Waals surface area contributed by atoms with Crippen LogP contribution in [0.3, 0.4) is 0 Å². The number of carbonyl (C=O) groups excluding carboxylic acids is 1. The Balaban J connectivity index is 0.00000220. The lowest BCUT2D eigenvalue weighted by atomic mass is 10.2. The molecule has 7 heteroatoms. The molecule has 124 valence electrons. The Morgan fingerprint density at radius 1 is 1.18 bits per heavy atom. The van der Waals surface area contributed by atoms with Crippen molar-refractivity contribution in [1.29, 1.82) is 0 Å². The van der Waals surface area contributed by atoms with E-state index in [9.17, 15) is 4.79 Å². The molecule has 2 aromatic rings. The molecular weight excluding hydrogens is 341 g/mol. The molecule has 0 radical (unpaired) electrons. The van der Waals surface area contributed by atoms with Crippen molar-refractivity contribution in [3.63, 3.8) is 0 Å². The lowest BCUT2D eigenvalue weighted by Crippen LogP contribution is -2.25. The van der Waals surface area contributed by atoms with Gasteiger partial charge in [-0.05, 0) is 44.4 Å². The summed E-state index contributed by atoms with van der Waals surface area (Å²) in [4.78, 5) is 16.1. The normalized spacial score (nSPS) is 9.86. The molecule has 22 heavy (non-hydrogen) atoms. The van der Waals surface area contributed by atoms with E-state index in [2.05, 4.69) is 16.4 Å². The van der Waals surface area contributed by atoms with E-state index in [0.29, 0.717) is 19.5 Å². The van der Waals surface area contributed by atoms with Gasteiger partial charge in [-0.1, -0.05) is 12.1 Å². The maximum atomic E-state index is 11.5. The highest BCUT2D eigenvalue weighted by Gasteiger charge is 2.04. The summed E-state index contributed by atoms with van der Waals surface area (Å²) in [6, 6.07) is 8.19. The summed E-state index contributed by atoms with van der Waals surface area (Å²) in [5.41, 5.74) is 6.45. The number of hydrogen-bond donors (Lipinski definition) is 2. The predicted molar refractivity (Wildman–Crippen MR) is 98.4 cm³/mol. The summed E-state index contributed by atoms with van der Waals surface area (Å²) >= 11 is 1.75. The second kappa shape index (κ2) is 11.7. The SMILES string of the molecule is Cl.Cl.NCCCNC(=O)CCCCc1nc2ccccc2s1. The van der Waals surface area contributed by atoms with Gasteiger partial charge >= 0.3 is 0 Å². The number of thiazole rings is 1. The van der Waals surface area contributed by atoms with E-state index >= 15 is 0 Å². The summed E-state index contributed by atoms with van der Waals surface area (Å²) in [7, 11) is 0.